The van der Waals surface area contributed by atoms with Crippen LogP contribution in [0.25, 0.3) is 88.9 Å². The molecule has 0 bridgehead atoms. The number of allylic oxidation sites excluding steroid dienone is 9. The molecule has 0 aliphatic heterocycles. The molecule has 0 fully saturated rings. The van der Waals surface area contributed by atoms with Gasteiger partial charge < -0.3 is 9.88 Å². The molecule has 0 spiro atoms. The Morgan fingerprint density at radius 3 is 1.81 bits per heavy atom. The molecule has 0 unspecified atom stereocenters. The summed E-state index contributed by atoms with van der Waals surface area (Å²) in [5, 5.41) is 8.23. The molecule has 0 saturated heterocycles. The third-order valence-electron chi connectivity index (χ3n) is 15.4. The molecule has 7 heteroatoms. The number of aromatic nitrogens is 1. The molecular weight excluding hydrogens is 959 g/mol. The first-order chi connectivity index (χ1) is 39.2. The molecule has 1 aromatic heterocycles. The van der Waals surface area contributed by atoms with E-state index in [-0.39, 0.29) is 16.4 Å². The summed E-state index contributed by atoms with van der Waals surface area (Å²) in [6.07, 6.45) is 16.4. The molecule has 0 saturated carbocycles. The molecule has 80 heavy (non-hydrogen) atoms. The number of para-hydroxylation sites is 1. The summed E-state index contributed by atoms with van der Waals surface area (Å²) in [6.45, 7) is 4.38. The van der Waals surface area contributed by atoms with Crippen molar-refractivity contribution in [2.24, 2.45) is 0 Å². The van der Waals surface area contributed by atoms with Crippen LogP contribution in [0.3, 0.4) is 0 Å². The van der Waals surface area contributed by atoms with Gasteiger partial charge in [0.2, 0.25) is 0 Å². The summed E-state index contributed by atoms with van der Waals surface area (Å²) in [5.74, 6) is 0. The smallest absolute Gasteiger partial charge is 0.113 e. The lowest BCUT2D eigenvalue weighted by Gasteiger charge is -2.21. The molecule has 1 N–H and O–H groups in total. The second-order valence-electron chi connectivity index (χ2n) is 20.2. The lowest BCUT2D eigenvalue weighted by molar-refractivity contribution is 1.18. The molecule has 1 aliphatic rings. The minimum absolute atomic E-state index is 0.197. The zero-order valence-corrected chi connectivity index (χ0v) is 44.8. The third-order valence-corrected chi connectivity index (χ3v) is 15.4. The van der Waals surface area contributed by atoms with Crippen molar-refractivity contribution >= 4 is 133 Å². The van der Waals surface area contributed by atoms with E-state index in [0.29, 0.717) is 16.5 Å². The molecular formula is C73H51B5N2. The Kier molecular flexibility index (Phi) is 14.4. The molecule has 1 aliphatic carbocycles. The average molecular weight is 1010 g/mol. The van der Waals surface area contributed by atoms with Gasteiger partial charge in [0.15, 0.2) is 0 Å². The minimum Gasteiger partial charge on any atom is -0.361 e. The summed E-state index contributed by atoms with van der Waals surface area (Å²) < 4.78 is 2.29. The number of nitrogens with one attached hydrogen (secondary N) is 1. The fraction of sp³-hybridized carbons (Fsp3) is 0.0411. The van der Waals surface area contributed by atoms with Crippen LogP contribution in [0.15, 0.2) is 254 Å². The second-order valence-corrected chi connectivity index (χ2v) is 20.2. The molecule has 10 aromatic carbocycles. The van der Waals surface area contributed by atoms with Crippen molar-refractivity contribution < 1.29 is 0 Å². The normalized spacial score (nSPS) is 13.7. The molecule has 2 nitrogen and oxygen atoms in total. The first-order valence-electron chi connectivity index (χ1n) is 27.1. The van der Waals surface area contributed by atoms with Gasteiger partial charge in [0.25, 0.3) is 0 Å². The number of nitrogens with zero attached hydrogens (tertiary/aromatic N) is 1. The molecule has 10 radical (unpaired) electrons. The highest BCUT2D eigenvalue weighted by atomic mass is 15.0. The van der Waals surface area contributed by atoms with Gasteiger partial charge in [-0.2, -0.15) is 0 Å². The highest BCUT2D eigenvalue weighted by molar-refractivity contribution is 6.68. The Hall–Kier alpha value is -9.18. The SMILES string of the molecule is [B]c1c([B])c([B])c(-c2ccc(-n3c4ccccc4c4cc(-c5ccc(C(/C=C\c6ccc7c(c6)C(=C(c6ccccc6)c6ccccc6)C(=C/CC)/C7=C\C)=C/C=C/Nc6cccc7ccccc67)cc5)ccc43)cc2)c([B])c1[B]. The molecule has 11 aromatic rings. The average Bonchev–Trinajstić information content (AvgIpc) is 4.00. The number of anilines is 1. The zero-order chi connectivity index (χ0) is 54.9. The highest BCUT2D eigenvalue weighted by Gasteiger charge is 2.30. The van der Waals surface area contributed by atoms with Crippen LogP contribution in [-0.4, -0.2) is 43.8 Å². The van der Waals surface area contributed by atoms with Crippen molar-refractivity contribution in [2.75, 3.05) is 5.32 Å². The topological polar surface area (TPSA) is 17.0 Å². The van der Waals surface area contributed by atoms with Crippen LogP contribution in [0.4, 0.5) is 5.69 Å². The van der Waals surface area contributed by atoms with E-state index in [2.05, 4.69) is 260 Å². The van der Waals surface area contributed by atoms with Gasteiger partial charge in [0.05, 0.1) is 11.0 Å². The standard InChI is InChI=1S/C73H51B5N2/c1-3-17-60-56(4-2)58-41-30-46(44-62(58)68(60)66(51-19-7-5-8-20-51)52-21-9-6-10-22-52)29-31-47(24-16-43-79-63-27-15-23-50-18-11-12-25-57(50)63)48-32-34-49(35-33-48)54-38-42-65-61(45-54)59-26-13-14-28-64(59)80(65)55-39-36-53(37-40-55)67-69(74)71(76)73(78)72(77)70(67)75/h4-45,79H,3H2,1-2H3/b31-29-,43-16+,47-24+,56-4-,60-17+. The Balaban J connectivity index is 0.909. The largest absolute Gasteiger partial charge is 0.361 e. The van der Waals surface area contributed by atoms with Crippen LogP contribution in [0.5, 0.6) is 0 Å². The highest BCUT2D eigenvalue weighted by Crippen LogP contribution is 2.50. The van der Waals surface area contributed by atoms with Crippen LogP contribution in [-0.2, 0) is 0 Å². The number of fused-ring (bicyclic) bond motifs is 5. The lowest BCUT2D eigenvalue weighted by Crippen LogP contribution is -2.55. The van der Waals surface area contributed by atoms with E-state index in [1.54, 1.807) is 0 Å². The van der Waals surface area contributed by atoms with Crippen LogP contribution >= 0.6 is 0 Å². The Morgan fingerprint density at radius 1 is 0.500 bits per heavy atom. The maximum Gasteiger partial charge on any atom is 0.113 e. The quantitative estimate of drug-likeness (QED) is 0.0953. The number of hydrogen-bond donors (Lipinski definition) is 1. The first-order valence-corrected chi connectivity index (χ1v) is 27.1. The second kappa shape index (κ2) is 22.3. The van der Waals surface area contributed by atoms with E-state index in [9.17, 15) is 0 Å². The Bertz CT molecular complexity index is 4310. The van der Waals surface area contributed by atoms with Crippen LogP contribution in [0.2, 0.25) is 0 Å². The van der Waals surface area contributed by atoms with Crippen LogP contribution < -0.4 is 32.6 Å². The van der Waals surface area contributed by atoms with Crippen molar-refractivity contribution in [3.63, 3.8) is 0 Å². The van der Waals surface area contributed by atoms with E-state index < -0.39 is 0 Å². The van der Waals surface area contributed by atoms with Crippen LogP contribution in [0.1, 0.15) is 53.6 Å². The molecule has 12 rings (SSSR count). The van der Waals surface area contributed by atoms with Gasteiger partial charge in [-0.3, -0.25) is 0 Å². The predicted octanol–water partition coefficient (Wildman–Crippen LogP) is 13.7. The minimum atomic E-state index is 0.197. The van der Waals surface area contributed by atoms with Crippen molar-refractivity contribution in [1.82, 2.24) is 4.57 Å². The van der Waals surface area contributed by atoms with Crippen molar-refractivity contribution in [3.8, 4) is 27.9 Å². The van der Waals surface area contributed by atoms with Gasteiger partial charge in [-0.05, 0) is 151 Å². The maximum atomic E-state index is 6.46. The summed E-state index contributed by atoms with van der Waals surface area (Å²) in [7, 11) is 31.5. The van der Waals surface area contributed by atoms with Gasteiger partial charge >= 0.3 is 0 Å². The van der Waals surface area contributed by atoms with Gasteiger partial charge in [-0.25, -0.2) is 0 Å². The van der Waals surface area contributed by atoms with Gasteiger partial charge in [-0.1, -0.05) is 218 Å². The fourth-order valence-electron chi connectivity index (χ4n) is 11.5. The predicted molar refractivity (Wildman–Crippen MR) is 350 cm³/mol. The van der Waals surface area contributed by atoms with Gasteiger partial charge in [0, 0.05) is 33.7 Å². The maximum absolute atomic E-state index is 6.46. The van der Waals surface area contributed by atoms with E-state index in [1.165, 1.54) is 55.3 Å². The van der Waals surface area contributed by atoms with E-state index in [4.69, 9.17) is 39.2 Å². The fourth-order valence-corrected chi connectivity index (χ4v) is 11.5. The lowest BCUT2D eigenvalue weighted by atomic mass is 9.60. The van der Waals surface area contributed by atoms with E-state index in [0.717, 1.165) is 73.0 Å². The third kappa shape index (κ3) is 9.58. The first kappa shape index (κ1) is 51.6. The number of benzene rings is 10. The zero-order valence-electron chi connectivity index (χ0n) is 44.8. The van der Waals surface area contributed by atoms with E-state index >= 15 is 0 Å². The summed E-state index contributed by atoms with van der Waals surface area (Å²) in [4.78, 5) is 0. The summed E-state index contributed by atoms with van der Waals surface area (Å²) in [6, 6.07) is 75.6. The van der Waals surface area contributed by atoms with Gasteiger partial charge in [0.1, 0.15) is 39.2 Å². The Morgan fingerprint density at radius 2 is 1.11 bits per heavy atom. The Labute approximate surface area is 476 Å². The van der Waals surface area contributed by atoms with Crippen molar-refractivity contribution in [1.29, 1.82) is 0 Å². The van der Waals surface area contributed by atoms with Crippen molar-refractivity contribution in [2.45, 2.75) is 20.3 Å². The van der Waals surface area contributed by atoms with Gasteiger partial charge in [-0.15, -0.1) is 16.4 Å². The van der Waals surface area contributed by atoms with Crippen molar-refractivity contribution in [3.05, 3.63) is 288 Å². The summed E-state index contributed by atoms with van der Waals surface area (Å²) >= 11 is 0. The number of rotatable bonds is 12. The molecule has 1 heterocycles. The molecule has 368 valence electrons. The summed E-state index contributed by atoms with van der Waals surface area (Å²) in [5.41, 5.74) is 22.3. The molecule has 0 amide bonds. The monoisotopic (exact) mass is 1010 g/mol. The molecule has 0 atom stereocenters. The number of hydrogen-bond acceptors (Lipinski definition) is 1. The van der Waals surface area contributed by atoms with Crippen LogP contribution in [0, 0.1) is 0 Å². The van der Waals surface area contributed by atoms with E-state index in [1.807, 2.05) is 18.3 Å².